The van der Waals surface area contributed by atoms with E-state index in [9.17, 15) is 4.39 Å². The topological polar surface area (TPSA) is 12.0 Å². The van der Waals surface area contributed by atoms with Gasteiger partial charge in [-0.25, -0.2) is 4.39 Å². The van der Waals surface area contributed by atoms with Gasteiger partial charge in [0, 0.05) is 5.69 Å². The Bertz CT molecular complexity index is 413. The molecule has 2 heteroatoms. The zero-order valence-corrected chi connectivity index (χ0v) is 8.94. The molecule has 1 unspecified atom stereocenters. The number of para-hydroxylation sites is 1. The second-order valence-electron chi connectivity index (χ2n) is 3.63. The monoisotopic (exact) mass is 215 g/mol. The Balaban J connectivity index is 1.92. The van der Waals surface area contributed by atoms with Crippen LogP contribution in [0.3, 0.4) is 0 Å². The van der Waals surface area contributed by atoms with E-state index in [4.69, 9.17) is 0 Å². The molecule has 0 saturated carbocycles. The second-order valence-corrected chi connectivity index (χ2v) is 3.63. The van der Waals surface area contributed by atoms with E-state index in [0.717, 1.165) is 5.69 Å². The molecular formula is C14H14FN. The highest BCUT2D eigenvalue weighted by Crippen LogP contribution is 2.17. The summed E-state index contributed by atoms with van der Waals surface area (Å²) >= 11 is 0. The van der Waals surface area contributed by atoms with Crippen molar-refractivity contribution in [3.05, 3.63) is 66.2 Å². The van der Waals surface area contributed by atoms with Crippen LogP contribution in [0, 0.1) is 0 Å². The number of nitrogens with one attached hydrogen (secondary N) is 1. The predicted molar refractivity (Wildman–Crippen MR) is 65.2 cm³/mol. The summed E-state index contributed by atoms with van der Waals surface area (Å²) in [5, 5.41) is 3.07. The quantitative estimate of drug-likeness (QED) is 0.817. The Kier molecular flexibility index (Phi) is 3.54. The molecule has 0 heterocycles. The Morgan fingerprint density at radius 3 is 2.06 bits per heavy atom. The number of alkyl halides is 1. The predicted octanol–water partition coefficient (Wildman–Crippen LogP) is 3.81. The number of hydrogen-bond donors (Lipinski definition) is 1. The van der Waals surface area contributed by atoms with Crippen molar-refractivity contribution in [1.82, 2.24) is 0 Å². The highest BCUT2D eigenvalue weighted by molar-refractivity contribution is 5.42. The fraction of sp³-hybridized carbons (Fsp3) is 0.143. The number of anilines is 1. The van der Waals surface area contributed by atoms with E-state index in [2.05, 4.69) is 5.32 Å². The normalized spacial score (nSPS) is 12.1. The van der Waals surface area contributed by atoms with E-state index in [1.165, 1.54) is 0 Å². The maximum Gasteiger partial charge on any atom is 0.142 e. The zero-order valence-electron chi connectivity index (χ0n) is 8.94. The van der Waals surface area contributed by atoms with Gasteiger partial charge in [-0.3, -0.25) is 0 Å². The van der Waals surface area contributed by atoms with Gasteiger partial charge >= 0.3 is 0 Å². The molecule has 82 valence electrons. The molecule has 0 aliphatic rings. The Morgan fingerprint density at radius 1 is 0.875 bits per heavy atom. The average molecular weight is 215 g/mol. The van der Waals surface area contributed by atoms with Crippen LogP contribution in [0.5, 0.6) is 0 Å². The van der Waals surface area contributed by atoms with E-state index >= 15 is 0 Å². The van der Waals surface area contributed by atoms with Crippen molar-refractivity contribution in [2.75, 3.05) is 11.9 Å². The largest absolute Gasteiger partial charge is 0.382 e. The van der Waals surface area contributed by atoms with Crippen molar-refractivity contribution in [3.8, 4) is 0 Å². The van der Waals surface area contributed by atoms with E-state index in [1.807, 2.05) is 48.5 Å². The first kappa shape index (κ1) is 10.7. The van der Waals surface area contributed by atoms with Crippen molar-refractivity contribution in [2.24, 2.45) is 0 Å². The molecule has 1 N–H and O–H groups in total. The second kappa shape index (κ2) is 5.31. The van der Waals surface area contributed by atoms with Crippen LogP contribution in [0.25, 0.3) is 0 Å². The summed E-state index contributed by atoms with van der Waals surface area (Å²) in [5.74, 6) is 0. The van der Waals surface area contributed by atoms with Crippen LogP contribution in [0.2, 0.25) is 0 Å². The molecule has 0 saturated heterocycles. The number of hydrogen-bond acceptors (Lipinski definition) is 1. The minimum absolute atomic E-state index is 0.300. The fourth-order valence-electron chi connectivity index (χ4n) is 1.54. The van der Waals surface area contributed by atoms with Crippen molar-refractivity contribution in [3.63, 3.8) is 0 Å². The number of benzene rings is 2. The highest BCUT2D eigenvalue weighted by Gasteiger charge is 2.07. The van der Waals surface area contributed by atoms with Crippen molar-refractivity contribution < 1.29 is 4.39 Å². The first-order chi connectivity index (χ1) is 7.86. The molecular weight excluding hydrogens is 201 g/mol. The van der Waals surface area contributed by atoms with Crippen LogP contribution in [-0.4, -0.2) is 6.54 Å². The van der Waals surface area contributed by atoms with Crippen LogP contribution < -0.4 is 5.32 Å². The molecule has 0 fully saturated rings. The van der Waals surface area contributed by atoms with Gasteiger partial charge in [0.15, 0.2) is 0 Å². The molecule has 16 heavy (non-hydrogen) atoms. The number of halogens is 1. The van der Waals surface area contributed by atoms with Gasteiger partial charge in [-0.2, -0.15) is 0 Å². The minimum atomic E-state index is -0.971. The molecule has 1 nitrogen and oxygen atoms in total. The van der Waals surface area contributed by atoms with Crippen molar-refractivity contribution in [1.29, 1.82) is 0 Å². The maximum absolute atomic E-state index is 13.8. The first-order valence-corrected chi connectivity index (χ1v) is 5.34. The van der Waals surface area contributed by atoms with Crippen molar-refractivity contribution in [2.45, 2.75) is 6.17 Å². The summed E-state index contributed by atoms with van der Waals surface area (Å²) in [4.78, 5) is 0. The van der Waals surface area contributed by atoms with E-state index < -0.39 is 6.17 Å². The van der Waals surface area contributed by atoms with Gasteiger partial charge in [-0.1, -0.05) is 48.5 Å². The average Bonchev–Trinajstić information content (AvgIpc) is 2.38. The molecule has 0 aliphatic carbocycles. The Labute approximate surface area is 94.9 Å². The van der Waals surface area contributed by atoms with E-state index in [-0.39, 0.29) is 0 Å². The third kappa shape index (κ3) is 2.83. The fourth-order valence-corrected chi connectivity index (χ4v) is 1.54. The first-order valence-electron chi connectivity index (χ1n) is 5.34. The van der Waals surface area contributed by atoms with Gasteiger partial charge in [-0.15, -0.1) is 0 Å². The molecule has 2 aromatic rings. The number of rotatable bonds is 4. The lowest BCUT2D eigenvalue weighted by Crippen LogP contribution is -2.08. The molecule has 1 atom stereocenters. The molecule has 2 aromatic carbocycles. The minimum Gasteiger partial charge on any atom is -0.382 e. The molecule has 0 radical (unpaired) electrons. The third-order valence-electron chi connectivity index (χ3n) is 2.42. The standard InChI is InChI=1S/C14H14FN/c15-14(12-7-3-1-4-8-12)11-16-13-9-5-2-6-10-13/h1-10,14,16H,11H2. The van der Waals surface area contributed by atoms with Gasteiger partial charge in [-0.05, 0) is 17.7 Å². The van der Waals surface area contributed by atoms with Gasteiger partial charge in [0.05, 0.1) is 6.54 Å². The van der Waals surface area contributed by atoms with Crippen LogP contribution >= 0.6 is 0 Å². The summed E-state index contributed by atoms with van der Waals surface area (Å²) in [6.45, 7) is 0.300. The summed E-state index contributed by atoms with van der Waals surface area (Å²) in [5.41, 5.74) is 1.66. The highest BCUT2D eigenvalue weighted by atomic mass is 19.1. The smallest absolute Gasteiger partial charge is 0.142 e. The van der Waals surface area contributed by atoms with Crippen LogP contribution in [0.4, 0.5) is 10.1 Å². The summed E-state index contributed by atoms with van der Waals surface area (Å²) in [6, 6.07) is 18.9. The molecule has 0 bridgehead atoms. The van der Waals surface area contributed by atoms with Gasteiger partial charge in [0.2, 0.25) is 0 Å². The van der Waals surface area contributed by atoms with Crippen LogP contribution in [-0.2, 0) is 0 Å². The Morgan fingerprint density at radius 2 is 1.44 bits per heavy atom. The lowest BCUT2D eigenvalue weighted by atomic mass is 10.1. The molecule has 2 rings (SSSR count). The van der Waals surface area contributed by atoms with Crippen molar-refractivity contribution >= 4 is 5.69 Å². The van der Waals surface area contributed by atoms with Gasteiger partial charge in [0.1, 0.15) is 6.17 Å². The van der Waals surface area contributed by atoms with Crippen LogP contribution in [0.15, 0.2) is 60.7 Å². The lowest BCUT2D eigenvalue weighted by molar-refractivity contribution is 0.361. The Hall–Kier alpha value is -1.83. The third-order valence-corrected chi connectivity index (χ3v) is 2.42. The summed E-state index contributed by atoms with van der Waals surface area (Å²) in [7, 11) is 0. The SMILES string of the molecule is FC(CNc1ccccc1)c1ccccc1. The maximum atomic E-state index is 13.8. The van der Waals surface area contributed by atoms with Gasteiger partial charge in [0.25, 0.3) is 0 Å². The van der Waals surface area contributed by atoms with Crippen LogP contribution in [0.1, 0.15) is 11.7 Å². The molecule has 0 aliphatic heterocycles. The summed E-state index contributed by atoms with van der Waals surface area (Å²) in [6.07, 6.45) is -0.971. The van der Waals surface area contributed by atoms with E-state index in [1.54, 1.807) is 12.1 Å². The summed E-state index contributed by atoms with van der Waals surface area (Å²) < 4.78 is 13.8. The zero-order chi connectivity index (χ0) is 11.2. The molecule has 0 amide bonds. The lowest BCUT2D eigenvalue weighted by Gasteiger charge is -2.10. The van der Waals surface area contributed by atoms with E-state index in [0.29, 0.717) is 12.1 Å². The molecule has 0 aromatic heterocycles. The molecule has 0 spiro atoms. The van der Waals surface area contributed by atoms with Gasteiger partial charge < -0.3 is 5.32 Å².